The Balaban J connectivity index is 1.52. The number of hydrogen-bond acceptors (Lipinski definition) is 6. The standard InChI is InChI=1S/C25H23ClN4O3S/c1-17(24(31)27-18-12-14-20(32-2)15-13-18)34-25-29-28-23(30(25)19-8-4-3-5-9-19)16-33-22-11-7-6-10-21(22)26/h3-15,17H,16H2,1-2H3,(H,27,31). The van der Waals surface area contributed by atoms with Crippen LogP contribution in [0.2, 0.25) is 5.02 Å². The molecule has 0 aliphatic carbocycles. The molecule has 0 fully saturated rings. The number of ether oxygens (including phenoxy) is 2. The molecular weight excluding hydrogens is 472 g/mol. The number of benzene rings is 3. The Morgan fingerprint density at radius 3 is 2.44 bits per heavy atom. The first-order valence-electron chi connectivity index (χ1n) is 10.5. The van der Waals surface area contributed by atoms with Gasteiger partial charge < -0.3 is 14.8 Å². The van der Waals surface area contributed by atoms with E-state index in [9.17, 15) is 4.79 Å². The number of thioether (sulfide) groups is 1. The van der Waals surface area contributed by atoms with Gasteiger partial charge >= 0.3 is 0 Å². The van der Waals surface area contributed by atoms with Gasteiger partial charge in [0.25, 0.3) is 0 Å². The highest BCUT2D eigenvalue weighted by molar-refractivity contribution is 8.00. The van der Waals surface area contributed by atoms with E-state index in [1.807, 2.05) is 54.0 Å². The van der Waals surface area contributed by atoms with Crippen LogP contribution in [0, 0.1) is 0 Å². The molecule has 174 valence electrons. The lowest BCUT2D eigenvalue weighted by Gasteiger charge is -2.14. The summed E-state index contributed by atoms with van der Waals surface area (Å²) in [6.07, 6.45) is 0. The van der Waals surface area contributed by atoms with Gasteiger partial charge in [-0.2, -0.15) is 0 Å². The van der Waals surface area contributed by atoms with Gasteiger partial charge in [0.2, 0.25) is 5.91 Å². The molecule has 0 spiro atoms. The Hall–Kier alpha value is -3.49. The molecule has 1 atom stereocenters. The third-order valence-corrected chi connectivity index (χ3v) is 6.27. The smallest absolute Gasteiger partial charge is 0.237 e. The van der Waals surface area contributed by atoms with Gasteiger partial charge in [0.1, 0.15) is 18.1 Å². The minimum atomic E-state index is -0.425. The van der Waals surface area contributed by atoms with Crippen LogP contribution in [0.15, 0.2) is 84.0 Å². The molecule has 1 N–H and O–H groups in total. The van der Waals surface area contributed by atoms with Crippen molar-refractivity contribution in [3.05, 3.63) is 89.7 Å². The number of para-hydroxylation sites is 2. The zero-order chi connectivity index (χ0) is 23.9. The fourth-order valence-corrected chi connectivity index (χ4v) is 4.22. The maximum Gasteiger partial charge on any atom is 0.237 e. The summed E-state index contributed by atoms with van der Waals surface area (Å²) >= 11 is 7.53. The van der Waals surface area contributed by atoms with E-state index in [4.69, 9.17) is 21.1 Å². The molecule has 7 nitrogen and oxygen atoms in total. The van der Waals surface area contributed by atoms with Gasteiger partial charge in [-0.15, -0.1) is 10.2 Å². The molecule has 9 heteroatoms. The third-order valence-electron chi connectivity index (χ3n) is 4.92. The van der Waals surface area contributed by atoms with Crippen LogP contribution in [-0.4, -0.2) is 33.0 Å². The molecule has 1 amide bonds. The number of carbonyl (C=O) groups excluding carboxylic acids is 1. The summed E-state index contributed by atoms with van der Waals surface area (Å²) in [5, 5.41) is 12.3. The average Bonchev–Trinajstić information content (AvgIpc) is 3.26. The van der Waals surface area contributed by atoms with Crippen molar-refractivity contribution in [2.24, 2.45) is 0 Å². The minimum absolute atomic E-state index is 0.147. The molecule has 1 heterocycles. The summed E-state index contributed by atoms with van der Waals surface area (Å²) < 4.78 is 12.9. The molecule has 4 aromatic rings. The lowest BCUT2D eigenvalue weighted by Crippen LogP contribution is -2.23. The molecular formula is C25H23ClN4O3S. The second-order valence-corrected chi connectivity index (χ2v) is 8.98. The maximum absolute atomic E-state index is 12.8. The number of rotatable bonds is 9. The Labute approximate surface area is 207 Å². The van der Waals surface area contributed by atoms with Gasteiger partial charge in [0.05, 0.1) is 17.4 Å². The Morgan fingerprint density at radius 1 is 1.03 bits per heavy atom. The number of anilines is 1. The summed E-state index contributed by atoms with van der Waals surface area (Å²) in [6, 6.07) is 24.2. The number of halogens is 1. The molecule has 0 bridgehead atoms. The highest BCUT2D eigenvalue weighted by atomic mass is 35.5. The molecule has 0 radical (unpaired) electrons. The predicted octanol–water partition coefficient (Wildman–Crippen LogP) is 5.63. The number of aromatic nitrogens is 3. The van der Waals surface area contributed by atoms with Crippen molar-refractivity contribution in [1.82, 2.24) is 14.8 Å². The number of carbonyl (C=O) groups is 1. The molecule has 4 rings (SSSR count). The topological polar surface area (TPSA) is 78.3 Å². The highest BCUT2D eigenvalue weighted by Gasteiger charge is 2.22. The summed E-state index contributed by atoms with van der Waals surface area (Å²) in [4.78, 5) is 12.8. The summed E-state index contributed by atoms with van der Waals surface area (Å²) in [6.45, 7) is 1.99. The first-order valence-corrected chi connectivity index (χ1v) is 11.8. The van der Waals surface area contributed by atoms with Crippen LogP contribution in [0.25, 0.3) is 5.69 Å². The lowest BCUT2D eigenvalue weighted by atomic mass is 10.3. The SMILES string of the molecule is COc1ccc(NC(=O)C(C)Sc2nnc(COc3ccccc3Cl)n2-c2ccccc2)cc1. The van der Waals surface area contributed by atoms with E-state index in [1.54, 1.807) is 43.5 Å². The van der Waals surface area contributed by atoms with Crippen molar-refractivity contribution in [1.29, 1.82) is 0 Å². The number of amides is 1. The molecule has 0 saturated heterocycles. The largest absolute Gasteiger partial charge is 0.497 e. The summed E-state index contributed by atoms with van der Waals surface area (Å²) in [5.74, 6) is 1.74. The van der Waals surface area contributed by atoms with Crippen LogP contribution < -0.4 is 14.8 Å². The molecule has 0 aliphatic heterocycles. The first-order chi connectivity index (χ1) is 16.5. The normalized spacial score (nSPS) is 11.6. The van der Waals surface area contributed by atoms with Crippen LogP contribution in [0.1, 0.15) is 12.7 Å². The molecule has 0 aliphatic rings. The fourth-order valence-electron chi connectivity index (χ4n) is 3.14. The van der Waals surface area contributed by atoms with Crippen molar-refractivity contribution in [2.75, 3.05) is 12.4 Å². The van der Waals surface area contributed by atoms with Gasteiger partial charge in [-0.1, -0.05) is 53.7 Å². The van der Waals surface area contributed by atoms with Crippen LogP contribution in [0.4, 0.5) is 5.69 Å². The first kappa shape index (κ1) is 23.7. The number of hydrogen-bond donors (Lipinski definition) is 1. The van der Waals surface area contributed by atoms with Crippen LogP contribution in [-0.2, 0) is 11.4 Å². The third kappa shape index (κ3) is 5.70. The summed E-state index contributed by atoms with van der Waals surface area (Å²) in [5.41, 5.74) is 1.56. The van der Waals surface area contributed by atoms with Crippen LogP contribution in [0.5, 0.6) is 11.5 Å². The monoisotopic (exact) mass is 494 g/mol. The number of nitrogens with zero attached hydrogens (tertiary/aromatic N) is 3. The van der Waals surface area contributed by atoms with E-state index < -0.39 is 5.25 Å². The van der Waals surface area contributed by atoms with Gasteiger partial charge in [0.15, 0.2) is 11.0 Å². The maximum atomic E-state index is 12.8. The Kier molecular flexibility index (Phi) is 7.72. The van der Waals surface area contributed by atoms with E-state index in [0.29, 0.717) is 27.4 Å². The number of nitrogens with one attached hydrogen (secondary N) is 1. The van der Waals surface area contributed by atoms with E-state index in [-0.39, 0.29) is 12.5 Å². The van der Waals surface area contributed by atoms with E-state index in [2.05, 4.69) is 15.5 Å². The Bertz CT molecular complexity index is 1250. The molecule has 1 unspecified atom stereocenters. The predicted molar refractivity (Wildman–Crippen MR) is 134 cm³/mol. The average molecular weight is 495 g/mol. The van der Waals surface area contributed by atoms with Gasteiger partial charge in [-0.05, 0) is 55.5 Å². The van der Waals surface area contributed by atoms with Crippen molar-refractivity contribution < 1.29 is 14.3 Å². The van der Waals surface area contributed by atoms with Crippen molar-refractivity contribution >= 4 is 35.0 Å². The van der Waals surface area contributed by atoms with Crippen molar-refractivity contribution in [2.45, 2.75) is 23.9 Å². The highest BCUT2D eigenvalue weighted by Crippen LogP contribution is 2.28. The van der Waals surface area contributed by atoms with E-state index >= 15 is 0 Å². The van der Waals surface area contributed by atoms with Gasteiger partial charge in [-0.3, -0.25) is 9.36 Å². The molecule has 3 aromatic carbocycles. The Morgan fingerprint density at radius 2 is 1.74 bits per heavy atom. The van der Waals surface area contributed by atoms with E-state index in [0.717, 1.165) is 11.4 Å². The lowest BCUT2D eigenvalue weighted by molar-refractivity contribution is -0.115. The van der Waals surface area contributed by atoms with Crippen molar-refractivity contribution in [3.8, 4) is 17.2 Å². The molecule has 34 heavy (non-hydrogen) atoms. The zero-order valence-corrected chi connectivity index (χ0v) is 20.2. The van der Waals surface area contributed by atoms with Crippen LogP contribution >= 0.6 is 23.4 Å². The van der Waals surface area contributed by atoms with Crippen molar-refractivity contribution in [3.63, 3.8) is 0 Å². The quantitative estimate of drug-likeness (QED) is 0.304. The van der Waals surface area contributed by atoms with Crippen LogP contribution in [0.3, 0.4) is 0 Å². The van der Waals surface area contributed by atoms with Gasteiger partial charge in [-0.25, -0.2) is 0 Å². The van der Waals surface area contributed by atoms with Gasteiger partial charge in [0, 0.05) is 11.4 Å². The molecule has 0 saturated carbocycles. The second-order valence-electron chi connectivity index (χ2n) is 7.27. The summed E-state index contributed by atoms with van der Waals surface area (Å²) in [7, 11) is 1.60. The van der Waals surface area contributed by atoms with E-state index in [1.165, 1.54) is 11.8 Å². The molecule has 1 aromatic heterocycles. The fraction of sp³-hybridized carbons (Fsp3) is 0.160. The second kappa shape index (κ2) is 11.1. The zero-order valence-electron chi connectivity index (χ0n) is 18.6. The number of methoxy groups -OCH3 is 1. The minimum Gasteiger partial charge on any atom is -0.497 e.